The van der Waals surface area contributed by atoms with Gasteiger partial charge in [-0.15, -0.1) is 0 Å². The Labute approximate surface area is 85.0 Å². The molecule has 2 saturated heterocycles. The summed E-state index contributed by atoms with van der Waals surface area (Å²) in [6.45, 7) is 6.91. The van der Waals surface area contributed by atoms with Gasteiger partial charge < -0.3 is 4.74 Å². The smallest absolute Gasteiger partial charge is 0.0509 e. The van der Waals surface area contributed by atoms with Crippen LogP contribution in [-0.2, 0) is 4.74 Å². The summed E-state index contributed by atoms with van der Waals surface area (Å²) in [5, 5.41) is 0. The Balaban J connectivity index is 1.83. The maximum atomic E-state index is 5.44. The van der Waals surface area contributed by atoms with Crippen LogP contribution >= 0.6 is 11.8 Å². The van der Waals surface area contributed by atoms with E-state index in [1.54, 1.807) is 0 Å². The second-order valence-corrected chi connectivity index (χ2v) is 5.24. The molecule has 0 aromatic carbocycles. The molecule has 2 nitrogen and oxygen atoms in total. The Morgan fingerprint density at radius 1 is 1.38 bits per heavy atom. The Bertz CT molecular complexity index is 153. The van der Waals surface area contributed by atoms with E-state index in [9.17, 15) is 0 Å². The Morgan fingerprint density at radius 2 is 2.15 bits per heavy atom. The van der Waals surface area contributed by atoms with Crippen LogP contribution in [0.25, 0.3) is 0 Å². The molecule has 0 spiro atoms. The van der Waals surface area contributed by atoms with E-state index in [-0.39, 0.29) is 0 Å². The third-order valence-electron chi connectivity index (χ3n) is 3.27. The molecule has 2 rings (SSSR count). The van der Waals surface area contributed by atoms with Crippen molar-refractivity contribution in [3.05, 3.63) is 0 Å². The Hall–Kier alpha value is 0.270. The lowest BCUT2D eigenvalue weighted by molar-refractivity contribution is 0.135. The summed E-state index contributed by atoms with van der Waals surface area (Å²) in [5.41, 5.74) is 0. The highest BCUT2D eigenvalue weighted by molar-refractivity contribution is 7.99. The molecule has 3 heteroatoms. The van der Waals surface area contributed by atoms with Gasteiger partial charge in [0.05, 0.1) is 6.61 Å². The van der Waals surface area contributed by atoms with E-state index in [0.717, 1.165) is 25.2 Å². The van der Waals surface area contributed by atoms with E-state index in [1.165, 1.54) is 31.0 Å². The van der Waals surface area contributed by atoms with Crippen LogP contribution in [-0.4, -0.2) is 48.8 Å². The van der Waals surface area contributed by atoms with Crippen LogP contribution in [0.3, 0.4) is 0 Å². The van der Waals surface area contributed by atoms with E-state index < -0.39 is 0 Å². The second-order valence-electron chi connectivity index (χ2n) is 4.01. The minimum atomic E-state index is 0.739. The fraction of sp³-hybridized carbons (Fsp3) is 1.00. The summed E-state index contributed by atoms with van der Waals surface area (Å²) in [6, 6.07) is 0.739. The Kier molecular flexibility index (Phi) is 3.52. The summed E-state index contributed by atoms with van der Waals surface area (Å²) in [6.07, 6.45) is 1.27. The fourth-order valence-corrected chi connectivity index (χ4v) is 3.15. The van der Waals surface area contributed by atoms with Gasteiger partial charge in [-0.1, -0.05) is 0 Å². The number of hydrogen-bond acceptors (Lipinski definition) is 3. The second kappa shape index (κ2) is 4.67. The average Bonchev–Trinajstić information content (AvgIpc) is 2.71. The zero-order valence-electron chi connectivity index (χ0n) is 8.37. The third-order valence-corrected chi connectivity index (χ3v) is 4.21. The molecule has 13 heavy (non-hydrogen) atoms. The van der Waals surface area contributed by atoms with Crippen molar-refractivity contribution in [3.8, 4) is 0 Å². The molecule has 2 aliphatic rings. The highest BCUT2D eigenvalue weighted by Gasteiger charge is 2.27. The Morgan fingerprint density at radius 3 is 2.77 bits per heavy atom. The van der Waals surface area contributed by atoms with Crippen molar-refractivity contribution < 1.29 is 4.74 Å². The van der Waals surface area contributed by atoms with Gasteiger partial charge in [-0.05, 0) is 19.3 Å². The molecule has 2 atom stereocenters. The first-order valence-corrected chi connectivity index (χ1v) is 6.43. The molecule has 76 valence electrons. The van der Waals surface area contributed by atoms with Crippen molar-refractivity contribution in [1.29, 1.82) is 0 Å². The van der Waals surface area contributed by atoms with Crippen LogP contribution in [0.2, 0.25) is 0 Å². The summed E-state index contributed by atoms with van der Waals surface area (Å²) in [5.74, 6) is 3.43. The summed E-state index contributed by atoms with van der Waals surface area (Å²) in [7, 11) is 0. The van der Waals surface area contributed by atoms with Gasteiger partial charge in [0, 0.05) is 37.2 Å². The first kappa shape index (κ1) is 9.81. The fourth-order valence-electron chi connectivity index (χ4n) is 2.22. The lowest BCUT2D eigenvalue weighted by Crippen LogP contribution is -2.43. The number of hydrogen-bond donors (Lipinski definition) is 0. The van der Waals surface area contributed by atoms with E-state index in [0.29, 0.717) is 0 Å². The van der Waals surface area contributed by atoms with Crippen molar-refractivity contribution in [1.82, 2.24) is 4.90 Å². The summed E-state index contributed by atoms with van der Waals surface area (Å²) < 4.78 is 5.44. The molecule has 0 aliphatic carbocycles. The molecule has 2 fully saturated rings. The van der Waals surface area contributed by atoms with Gasteiger partial charge in [0.25, 0.3) is 0 Å². The molecule has 0 aromatic heterocycles. The molecular formula is C10H19NOS. The standard InChI is InChI=1S/C10H19NOS/c1-9(10-2-5-12-8-10)11-3-6-13-7-4-11/h9-10H,2-8H2,1H3. The highest BCUT2D eigenvalue weighted by Crippen LogP contribution is 2.23. The van der Waals surface area contributed by atoms with Crippen molar-refractivity contribution >= 4 is 11.8 Å². The van der Waals surface area contributed by atoms with Gasteiger partial charge in [-0.2, -0.15) is 11.8 Å². The minimum absolute atomic E-state index is 0.739. The molecule has 0 N–H and O–H groups in total. The van der Waals surface area contributed by atoms with E-state index >= 15 is 0 Å². The van der Waals surface area contributed by atoms with Crippen LogP contribution in [0.5, 0.6) is 0 Å². The summed E-state index contributed by atoms with van der Waals surface area (Å²) in [4.78, 5) is 2.63. The molecule has 0 amide bonds. The van der Waals surface area contributed by atoms with Crippen LogP contribution < -0.4 is 0 Å². The molecule has 0 radical (unpaired) electrons. The molecule has 0 saturated carbocycles. The van der Waals surface area contributed by atoms with E-state index in [4.69, 9.17) is 4.74 Å². The molecule has 2 aliphatic heterocycles. The molecular weight excluding hydrogens is 182 g/mol. The number of thioether (sulfide) groups is 1. The van der Waals surface area contributed by atoms with Crippen LogP contribution in [0.1, 0.15) is 13.3 Å². The van der Waals surface area contributed by atoms with Crippen LogP contribution in [0.15, 0.2) is 0 Å². The van der Waals surface area contributed by atoms with Crippen LogP contribution in [0.4, 0.5) is 0 Å². The van der Waals surface area contributed by atoms with E-state index in [1.807, 2.05) is 0 Å². The van der Waals surface area contributed by atoms with Gasteiger partial charge in [-0.25, -0.2) is 0 Å². The normalized spacial score (nSPS) is 33.5. The van der Waals surface area contributed by atoms with Crippen molar-refractivity contribution in [2.45, 2.75) is 19.4 Å². The van der Waals surface area contributed by atoms with Gasteiger partial charge in [0.2, 0.25) is 0 Å². The first-order chi connectivity index (χ1) is 6.38. The molecule has 0 bridgehead atoms. The van der Waals surface area contributed by atoms with Crippen LogP contribution in [0, 0.1) is 5.92 Å². The maximum Gasteiger partial charge on any atom is 0.0509 e. The minimum Gasteiger partial charge on any atom is -0.381 e. The highest BCUT2D eigenvalue weighted by atomic mass is 32.2. The molecule has 2 heterocycles. The zero-order chi connectivity index (χ0) is 9.10. The summed E-state index contributed by atoms with van der Waals surface area (Å²) >= 11 is 2.09. The van der Waals surface area contributed by atoms with Gasteiger partial charge >= 0.3 is 0 Å². The van der Waals surface area contributed by atoms with Gasteiger partial charge in [0.1, 0.15) is 0 Å². The van der Waals surface area contributed by atoms with Crippen molar-refractivity contribution in [2.24, 2.45) is 5.92 Å². The molecule has 2 unspecified atom stereocenters. The van der Waals surface area contributed by atoms with Crippen molar-refractivity contribution in [3.63, 3.8) is 0 Å². The average molecular weight is 201 g/mol. The quantitative estimate of drug-likeness (QED) is 0.671. The lowest BCUT2D eigenvalue weighted by Gasteiger charge is -2.34. The topological polar surface area (TPSA) is 12.5 Å². The first-order valence-electron chi connectivity index (χ1n) is 5.27. The number of ether oxygens (including phenoxy) is 1. The number of rotatable bonds is 2. The zero-order valence-corrected chi connectivity index (χ0v) is 9.18. The third kappa shape index (κ3) is 2.39. The van der Waals surface area contributed by atoms with Crippen molar-refractivity contribution in [2.75, 3.05) is 37.8 Å². The van der Waals surface area contributed by atoms with Gasteiger partial charge in [-0.3, -0.25) is 4.90 Å². The lowest BCUT2D eigenvalue weighted by atomic mass is 9.99. The predicted molar refractivity (Wildman–Crippen MR) is 57.3 cm³/mol. The van der Waals surface area contributed by atoms with Gasteiger partial charge in [0.15, 0.2) is 0 Å². The molecule has 0 aromatic rings. The predicted octanol–water partition coefficient (Wildman–Crippen LogP) is 1.46. The maximum absolute atomic E-state index is 5.44. The monoisotopic (exact) mass is 201 g/mol. The SMILES string of the molecule is CC(C1CCOC1)N1CCSCC1. The largest absolute Gasteiger partial charge is 0.381 e. The number of nitrogens with zero attached hydrogens (tertiary/aromatic N) is 1. The van der Waals surface area contributed by atoms with E-state index in [2.05, 4.69) is 23.6 Å².